The largest absolute Gasteiger partial charge is 0.494 e. The lowest BCUT2D eigenvalue weighted by Gasteiger charge is -2.32. The molecular weight excluding hydrogens is 1190 g/mol. The van der Waals surface area contributed by atoms with Crippen molar-refractivity contribution in [3.63, 3.8) is 0 Å². The number of aromatic nitrogens is 2. The number of amides is 2. The second kappa shape index (κ2) is 25.3. The molecule has 0 radical (unpaired) electrons. The Morgan fingerprint density at radius 1 is 0.523 bits per heavy atom. The summed E-state index contributed by atoms with van der Waals surface area (Å²) in [4.78, 5) is 64.5. The zero-order valence-electron chi connectivity index (χ0n) is 57.0. The summed E-state index contributed by atoms with van der Waals surface area (Å²) >= 11 is 3.53. The van der Waals surface area contributed by atoms with Gasteiger partial charge in [0, 0.05) is 54.3 Å². The first-order valence-electron chi connectivity index (χ1n) is 31.0. The summed E-state index contributed by atoms with van der Waals surface area (Å²) in [6.07, 6.45) is 4.07. The summed E-state index contributed by atoms with van der Waals surface area (Å²) in [6, 6.07) is 12.1. The summed E-state index contributed by atoms with van der Waals surface area (Å²) in [5.74, 6) is 0.849. The smallest absolute Gasteiger partial charge is 0.448 e. The highest BCUT2D eigenvalue weighted by molar-refractivity contribution is 9.10. The van der Waals surface area contributed by atoms with Gasteiger partial charge in [0.15, 0.2) is 23.3 Å². The molecule has 2 aromatic carbocycles. The molecule has 18 nitrogen and oxygen atoms in total. The lowest BCUT2D eigenvalue weighted by Crippen LogP contribution is -2.41. The van der Waals surface area contributed by atoms with Crippen molar-refractivity contribution in [1.82, 2.24) is 19.8 Å². The molecule has 5 aliphatic heterocycles. The maximum Gasteiger partial charge on any atom is 0.494 e. The second-order valence-corrected chi connectivity index (χ2v) is 32.2. The Bertz CT molecular complexity index is 3100. The molecule has 3 fully saturated rings. The van der Waals surface area contributed by atoms with E-state index in [0.717, 1.165) is 32.2 Å². The Labute approximate surface area is 533 Å². The van der Waals surface area contributed by atoms with E-state index in [9.17, 15) is 19.2 Å². The Balaban J connectivity index is 0.000000201. The van der Waals surface area contributed by atoms with Crippen LogP contribution in [-0.2, 0) is 61.3 Å². The van der Waals surface area contributed by atoms with Crippen molar-refractivity contribution in [3.8, 4) is 0 Å². The molecule has 22 heteroatoms. The zero-order chi connectivity index (χ0) is 65.9. The van der Waals surface area contributed by atoms with Crippen molar-refractivity contribution >= 4 is 66.3 Å². The molecular formula is C66H98B3BrN4O14. The number of carbonyl (C=O) groups excluding carboxylic acids is 4. The molecule has 5 aliphatic rings. The molecule has 0 aliphatic carbocycles. The highest BCUT2D eigenvalue weighted by Crippen LogP contribution is 2.44. The molecule has 482 valence electrons. The van der Waals surface area contributed by atoms with Gasteiger partial charge in [-0.3, -0.25) is 9.59 Å². The van der Waals surface area contributed by atoms with Crippen molar-refractivity contribution in [1.29, 1.82) is 0 Å². The van der Waals surface area contributed by atoms with Crippen LogP contribution in [0.15, 0.2) is 62.2 Å². The minimum absolute atomic E-state index is 0.0159. The molecule has 7 heterocycles. The number of nitrogens with zero attached hydrogens (tertiary/aromatic N) is 4. The zero-order valence-corrected chi connectivity index (χ0v) is 58.6. The number of Topliss-reactive ketones (excluding diaryl/α,β-unsaturated/α-hetero) is 2. The third-order valence-electron chi connectivity index (χ3n) is 17.7. The molecule has 0 saturated carbocycles. The number of rotatable bonds is 8. The lowest BCUT2D eigenvalue weighted by atomic mass is 9.49. The van der Waals surface area contributed by atoms with E-state index in [-0.39, 0.29) is 75.2 Å². The van der Waals surface area contributed by atoms with E-state index >= 15 is 0 Å². The molecule has 88 heavy (non-hydrogen) atoms. The average molecular weight is 1280 g/mol. The van der Waals surface area contributed by atoms with Crippen molar-refractivity contribution < 1.29 is 65.4 Å². The second-order valence-electron chi connectivity index (χ2n) is 31.2. The Morgan fingerprint density at radius 3 is 1.20 bits per heavy atom. The first kappa shape index (κ1) is 70.6. The van der Waals surface area contributed by atoms with Gasteiger partial charge in [-0.05, 0) is 189 Å². The van der Waals surface area contributed by atoms with Gasteiger partial charge in [-0.25, -0.2) is 19.6 Å². The van der Waals surface area contributed by atoms with Crippen LogP contribution in [0.2, 0.25) is 0 Å². The van der Waals surface area contributed by atoms with E-state index in [1.54, 1.807) is 9.80 Å². The third-order valence-corrected chi connectivity index (χ3v) is 18.2. The van der Waals surface area contributed by atoms with E-state index in [1.165, 1.54) is 12.5 Å². The first-order valence-corrected chi connectivity index (χ1v) is 31.8. The van der Waals surface area contributed by atoms with E-state index in [4.69, 9.17) is 46.2 Å². The van der Waals surface area contributed by atoms with Crippen LogP contribution < -0.4 is 5.46 Å². The normalized spacial score (nSPS) is 21.9. The number of ketones is 2. The number of carbonyl (C=O) groups is 4. The maximum atomic E-state index is 13.3. The van der Waals surface area contributed by atoms with Gasteiger partial charge in [0.2, 0.25) is 0 Å². The van der Waals surface area contributed by atoms with E-state index < -0.39 is 43.5 Å². The van der Waals surface area contributed by atoms with Crippen molar-refractivity contribution in [3.05, 3.63) is 98.8 Å². The van der Waals surface area contributed by atoms with Gasteiger partial charge in [-0.15, -0.1) is 0 Å². The van der Waals surface area contributed by atoms with Crippen LogP contribution in [0.1, 0.15) is 259 Å². The fourth-order valence-electron chi connectivity index (χ4n) is 10.4. The molecule has 2 atom stereocenters. The number of fused-ring (bicyclic) bond motifs is 2. The SMILES string of the molecule is CC(C)(C)OC(=O)N1CC[C@@H](CC(=O)c2coc(C(C)(C)C)n2)c2ccc(B3OC(C)(C)C(C)(C)O3)cc2C1.CC(C)(C)OC(=O)N1CC[C@@H](CC(=O)c2coc(C(C)(C)C)n2)c2ccc(Br)cc2C1.CC1(C)OB(B2OC(C)(C)C(C)(C)O2)OC1(C)C. The Hall–Kier alpha value is -4.83. The molecule has 0 bridgehead atoms. The van der Waals surface area contributed by atoms with Crippen LogP contribution in [0.3, 0.4) is 0 Å². The van der Waals surface area contributed by atoms with E-state index in [0.29, 0.717) is 68.6 Å². The summed E-state index contributed by atoms with van der Waals surface area (Å²) in [5.41, 5.74) is 1.60. The van der Waals surface area contributed by atoms with Gasteiger partial charge in [0.25, 0.3) is 0 Å². The Kier molecular flexibility index (Phi) is 20.3. The number of benzene rings is 2. The molecule has 0 unspecified atom stereocenters. The summed E-state index contributed by atoms with van der Waals surface area (Å²) in [5, 5.41) is 0. The number of ether oxygens (including phenoxy) is 2. The predicted molar refractivity (Wildman–Crippen MR) is 345 cm³/mol. The number of oxazole rings is 2. The summed E-state index contributed by atoms with van der Waals surface area (Å²) < 4.78 is 59.8. The molecule has 9 rings (SSSR count). The highest BCUT2D eigenvalue weighted by Gasteiger charge is 2.64. The summed E-state index contributed by atoms with van der Waals surface area (Å²) in [7, 11) is -1.48. The van der Waals surface area contributed by atoms with Crippen molar-refractivity contribution in [2.45, 2.75) is 272 Å². The number of hydrogen-bond donors (Lipinski definition) is 0. The molecule has 0 spiro atoms. The molecule has 3 saturated heterocycles. The average Bonchev–Trinajstić information content (AvgIpc) is 1.92. The predicted octanol–water partition coefficient (Wildman–Crippen LogP) is 14.2. The van der Waals surface area contributed by atoms with Gasteiger partial charge in [0.1, 0.15) is 35.1 Å². The first-order chi connectivity index (χ1) is 40.1. The molecule has 2 aromatic heterocycles. The van der Waals surface area contributed by atoms with Crippen LogP contribution in [0.5, 0.6) is 0 Å². The van der Waals surface area contributed by atoms with Crippen LogP contribution in [-0.4, -0.2) is 123 Å². The van der Waals surface area contributed by atoms with Gasteiger partial charge in [-0.1, -0.05) is 81.7 Å². The quantitative estimate of drug-likeness (QED) is 0.119. The molecule has 4 aromatic rings. The van der Waals surface area contributed by atoms with Gasteiger partial charge in [-0.2, -0.15) is 0 Å². The van der Waals surface area contributed by atoms with Crippen LogP contribution >= 0.6 is 15.9 Å². The monoisotopic (exact) mass is 1280 g/mol. The minimum Gasteiger partial charge on any atom is -0.448 e. The maximum absolute atomic E-state index is 13.3. The van der Waals surface area contributed by atoms with Crippen molar-refractivity contribution in [2.24, 2.45) is 0 Å². The summed E-state index contributed by atoms with van der Waals surface area (Å²) in [6.45, 7) is 49.3. The minimum atomic E-state index is -0.607. The molecule has 0 N–H and O–H groups in total. The lowest BCUT2D eigenvalue weighted by molar-refractivity contribution is 0.00578. The Morgan fingerprint density at radius 2 is 0.864 bits per heavy atom. The van der Waals surface area contributed by atoms with E-state index in [1.807, 2.05) is 197 Å². The van der Waals surface area contributed by atoms with Crippen LogP contribution in [0.25, 0.3) is 0 Å². The highest BCUT2D eigenvalue weighted by atomic mass is 79.9. The van der Waals surface area contributed by atoms with Crippen molar-refractivity contribution in [2.75, 3.05) is 13.1 Å². The van der Waals surface area contributed by atoms with Gasteiger partial charge in [0.05, 0.1) is 33.6 Å². The standard InChI is InChI=1S/C30H43BN2O6.C24H31BrN2O4.C12H24B2O4/c1-27(2,3)25-32-23(18-36-25)24(34)16-19-13-14-33(26(35)37-28(4,5)6)17-20-15-21(11-12-22(19)20)31-38-29(7,8)30(9,10)39-31;1-23(2,3)21-26-19(14-30-21)20(28)12-15-9-10-27(22(29)31-24(4,5)6)13-16-11-17(25)7-8-18(15)16;1-9(2)10(3,4)16-13(15-9)14-17-11(5,6)12(7,8)18-14/h11-12,15,18-19H,13-14,16-17H2,1-10H3;7-8,11,14-15H,9-10,12-13H2,1-6H3;1-8H3/t19-;15-;/m00./s1. The number of hydrogen-bond acceptors (Lipinski definition) is 16. The van der Waals surface area contributed by atoms with Crippen LogP contribution in [0.4, 0.5) is 9.59 Å². The number of halogens is 1. The van der Waals surface area contributed by atoms with E-state index in [2.05, 4.69) is 32.0 Å². The fraction of sp³-hybridized carbons (Fsp3) is 0.667. The third kappa shape index (κ3) is 16.8. The van der Waals surface area contributed by atoms with Gasteiger partial charge >= 0.3 is 33.3 Å². The topological polar surface area (TPSA) is 201 Å². The van der Waals surface area contributed by atoms with Gasteiger partial charge < -0.3 is 56.0 Å². The fourth-order valence-corrected chi connectivity index (χ4v) is 10.8. The molecule has 2 amide bonds. The van der Waals surface area contributed by atoms with Crippen LogP contribution in [0, 0.1) is 0 Å².